The number of primary amides is 1. The Balaban J connectivity index is 3.02. The van der Waals surface area contributed by atoms with E-state index in [1.165, 1.54) is 96.3 Å². The Kier molecular flexibility index (Phi) is 19.3. The molecule has 3 heteroatoms. The van der Waals surface area contributed by atoms with Crippen LogP contribution in [0.25, 0.3) is 0 Å². The molecule has 0 aromatic rings. The van der Waals surface area contributed by atoms with Crippen molar-refractivity contribution in [3.8, 4) is 0 Å². The standard InChI is InChI=1S/C22H45NO2/c1-21(20-24)18-16-14-12-10-8-6-4-2-3-5-7-9-11-13-15-17-19-22(23)25/h21,24H,2-20H2,1H3,(H2,23,25). The van der Waals surface area contributed by atoms with E-state index < -0.39 is 0 Å². The molecule has 0 aliphatic carbocycles. The number of aliphatic hydroxyl groups excluding tert-OH is 1. The molecule has 0 aromatic carbocycles. The van der Waals surface area contributed by atoms with Crippen LogP contribution in [-0.4, -0.2) is 17.6 Å². The fourth-order valence-corrected chi connectivity index (χ4v) is 3.36. The van der Waals surface area contributed by atoms with Gasteiger partial charge in [0.2, 0.25) is 5.91 Å². The van der Waals surface area contributed by atoms with E-state index in [-0.39, 0.29) is 5.91 Å². The highest BCUT2D eigenvalue weighted by atomic mass is 16.3. The monoisotopic (exact) mass is 355 g/mol. The number of amides is 1. The first-order valence-electron chi connectivity index (χ1n) is 11.1. The zero-order chi connectivity index (χ0) is 18.6. The fourth-order valence-electron chi connectivity index (χ4n) is 3.36. The Hall–Kier alpha value is -0.570. The minimum atomic E-state index is -0.160. The topological polar surface area (TPSA) is 63.3 Å². The lowest BCUT2D eigenvalue weighted by Gasteiger charge is -2.07. The third kappa shape index (κ3) is 21.4. The van der Waals surface area contributed by atoms with Gasteiger partial charge >= 0.3 is 0 Å². The van der Waals surface area contributed by atoms with Crippen LogP contribution in [0.3, 0.4) is 0 Å². The van der Waals surface area contributed by atoms with Gasteiger partial charge in [0.25, 0.3) is 0 Å². The lowest BCUT2D eigenvalue weighted by Crippen LogP contribution is -2.09. The maximum Gasteiger partial charge on any atom is 0.217 e. The van der Waals surface area contributed by atoms with Gasteiger partial charge in [-0.1, -0.05) is 103 Å². The minimum Gasteiger partial charge on any atom is -0.396 e. The number of nitrogens with two attached hydrogens (primary N) is 1. The first kappa shape index (κ1) is 24.4. The Labute approximate surface area is 157 Å². The van der Waals surface area contributed by atoms with Crippen LogP contribution in [-0.2, 0) is 4.79 Å². The van der Waals surface area contributed by atoms with E-state index >= 15 is 0 Å². The van der Waals surface area contributed by atoms with E-state index in [1.54, 1.807) is 0 Å². The third-order valence-corrected chi connectivity index (χ3v) is 5.18. The SMILES string of the molecule is CC(CO)CCCCCCCCCCCCCCCCCCC(N)=O. The van der Waals surface area contributed by atoms with E-state index in [0.717, 1.165) is 12.8 Å². The van der Waals surface area contributed by atoms with Crippen LogP contribution >= 0.6 is 0 Å². The van der Waals surface area contributed by atoms with E-state index in [4.69, 9.17) is 10.8 Å². The number of carbonyl (C=O) groups is 1. The zero-order valence-corrected chi connectivity index (χ0v) is 16.9. The maximum atomic E-state index is 10.6. The second-order valence-corrected chi connectivity index (χ2v) is 7.95. The van der Waals surface area contributed by atoms with Crippen LogP contribution in [0.2, 0.25) is 0 Å². The summed E-state index contributed by atoms with van der Waals surface area (Å²) >= 11 is 0. The van der Waals surface area contributed by atoms with Crippen molar-refractivity contribution in [3.05, 3.63) is 0 Å². The quantitative estimate of drug-likeness (QED) is 0.258. The molecule has 0 aliphatic rings. The van der Waals surface area contributed by atoms with Gasteiger partial charge in [0.15, 0.2) is 0 Å². The molecule has 0 fully saturated rings. The molecular formula is C22H45NO2. The van der Waals surface area contributed by atoms with Crippen molar-refractivity contribution in [1.82, 2.24) is 0 Å². The first-order chi connectivity index (χ1) is 12.2. The summed E-state index contributed by atoms with van der Waals surface area (Å²) in [7, 11) is 0. The molecule has 1 unspecified atom stereocenters. The van der Waals surface area contributed by atoms with Crippen molar-refractivity contribution in [1.29, 1.82) is 0 Å². The largest absolute Gasteiger partial charge is 0.396 e. The van der Waals surface area contributed by atoms with Crippen LogP contribution in [0.5, 0.6) is 0 Å². The van der Waals surface area contributed by atoms with Gasteiger partial charge < -0.3 is 10.8 Å². The number of unbranched alkanes of at least 4 members (excludes halogenated alkanes) is 15. The molecule has 0 aliphatic heterocycles. The number of aliphatic hydroxyl groups is 1. The van der Waals surface area contributed by atoms with Crippen molar-refractivity contribution >= 4 is 5.91 Å². The molecule has 1 atom stereocenters. The van der Waals surface area contributed by atoms with E-state index in [9.17, 15) is 4.79 Å². The highest BCUT2D eigenvalue weighted by molar-refractivity contribution is 5.73. The number of hydrogen-bond acceptors (Lipinski definition) is 2. The summed E-state index contributed by atoms with van der Waals surface area (Å²) in [6.45, 7) is 2.48. The highest BCUT2D eigenvalue weighted by Gasteiger charge is 1.99. The van der Waals surface area contributed by atoms with Crippen molar-refractivity contribution in [2.24, 2.45) is 11.7 Å². The van der Waals surface area contributed by atoms with Crippen molar-refractivity contribution in [3.63, 3.8) is 0 Å². The molecule has 0 aromatic heterocycles. The molecule has 150 valence electrons. The first-order valence-corrected chi connectivity index (χ1v) is 11.1. The Morgan fingerprint density at radius 2 is 1.00 bits per heavy atom. The average Bonchev–Trinajstić information content (AvgIpc) is 2.60. The van der Waals surface area contributed by atoms with Gasteiger partial charge in [-0.3, -0.25) is 4.79 Å². The number of carbonyl (C=O) groups excluding carboxylic acids is 1. The van der Waals surface area contributed by atoms with Crippen molar-refractivity contribution < 1.29 is 9.90 Å². The van der Waals surface area contributed by atoms with E-state index in [1.807, 2.05) is 0 Å². The maximum absolute atomic E-state index is 10.6. The molecule has 1 amide bonds. The van der Waals surface area contributed by atoms with Crippen molar-refractivity contribution in [2.45, 2.75) is 122 Å². The smallest absolute Gasteiger partial charge is 0.217 e. The van der Waals surface area contributed by atoms with Gasteiger partial charge in [0, 0.05) is 13.0 Å². The van der Waals surface area contributed by atoms with E-state index in [2.05, 4.69) is 6.92 Å². The van der Waals surface area contributed by atoms with Crippen molar-refractivity contribution in [2.75, 3.05) is 6.61 Å². The van der Waals surface area contributed by atoms with Gasteiger partial charge in [-0.25, -0.2) is 0 Å². The molecule has 0 bridgehead atoms. The summed E-state index contributed by atoms with van der Waals surface area (Å²) in [5.41, 5.74) is 5.13. The summed E-state index contributed by atoms with van der Waals surface area (Å²) in [4.78, 5) is 10.6. The van der Waals surface area contributed by atoms with Crippen LogP contribution in [0, 0.1) is 5.92 Å². The molecule has 0 saturated carbocycles. The Morgan fingerprint density at radius 3 is 1.32 bits per heavy atom. The Bertz CT molecular complexity index is 281. The predicted molar refractivity (Wildman–Crippen MR) is 109 cm³/mol. The molecular weight excluding hydrogens is 310 g/mol. The van der Waals surface area contributed by atoms with Crippen LogP contribution in [0.1, 0.15) is 122 Å². The van der Waals surface area contributed by atoms with E-state index in [0.29, 0.717) is 18.9 Å². The number of rotatable bonds is 20. The van der Waals surface area contributed by atoms with Gasteiger partial charge in [0.05, 0.1) is 0 Å². The zero-order valence-electron chi connectivity index (χ0n) is 16.9. The summed E-state index contributed by atoms with van der Waals surface area (Å²) in [6, 6.07) is 0. The lowest BCUT2D eigenvalue weighted by molar-refractivity contribution is -0.118. The second kappa shape index (κ2) is 19.8. The normalized spacial score (nSPS) is 12.4. The molecule has 0 heterocycles. The van der Waals surface area contributed by atoms with Crippen LogP contribution in [0.15, 0.2) is 0 Å². The summed E-state index contributed by atoms with van der Waals surface area (Å²) in [6.07, 6.45) is 23.0. The number of hydrogen-bond donors (Lipinski definition) is 2. The minimum absolute atomic E-state index is 0.160. The fraction of sp³-hybridized carbons (Fsp3) is 0.955. The van der Waals surface area contributed by atoms with Gasteiger partial charge in [-0.05, 0) is 18.8 Å². The molecule has 0 radical (unpaired) electrons. The molecule has 3 N–H and O–H groups in total. The summed E-state index contributed by atoms with van der Waals surface area (Å²) in [5.74, 6) is 0.328. The molecule has 0 saturated heterocycles. The summed E-state index contributed by atoms with van der Waals surface area (Å²) in [5, 5.41) is 8.97. The second-order valence-electron chi connectivity index (χ2n) is 7.95. The molecule has 0 spiro atoms. The Morgan fingerprint density at radius 1 is 0.680 bits per heavy atom. The molecule has 0 rings (SSSR count). The molecule has 3 nitrogen and oxygen atoms in total. The van der Waals surface area contributed by atoms with Gasteiger partial charge in [-0.15, -0.1) is 0 Å². The van der Waals surface area contributed by atoms with Crippen LogP contribution < -0.4 is 5.73 Å². The summed E-state index contributed by atoms with van der Waals surface area (Å²) < 4.78 is 0. The average molecular weight is 356 g/mol. The third-order valence-electron chi connectivity index (χ3n) is 5.18. The van der Waals surface area contributed by atoms with Crippen LogP contribution in [0.4, 0.5) is 0 Å². The van der Waals surface area contributed by atoms with Gasteiger partial charge in [0.1, 0.15) is 0 Å². The predicted octanol–water partition coefficient (Wildman–Crippen LogP) is 6.12. The highest BCUT2D eigenvalue weighted by Crippen LogP contribution is 2.15. The van der Waals surface area contributed by atoms with Gasteiger partial charge in [-0.2, -0.15) is 0 Å². The lowest BCUT2D eigenvalue weighted by atomic mass is 10.0. The molecule has 25 heavy (non-hydrogen) atoms.